The van der Waals surface area contributed by atoms with Gasteiger partial charge in [-0.3, -0.25) is 19.2 Å². The molecule has 2 aliphatic heterocycles. The third-order valence-electron chi connectivity index (χ3n) is 5.78. The number of amides is 1. The van der Waals surface area contributed by atoms with Gasteiger partial charge in [-0.2, -0.15) is 4.99 Å². The SMILES string of the molecule is COc1c(OCCN2CCOCC2)ccc2c3n(c(=NC(=O)c4cccnc4)nc12)CCN3. The molecule has 0 saturated carbocycles. The average molecular weight is 450 g/mol. The van der Waals surface area contributed by atoms with E-state index in [0.717, 1.165) is 50.6 Å². The van der Waals surface area contributed by atoms with Crippen molar-refractivity contribution in [2.24, 2.45) is 4.99 Å². The van der Waals surface area contributed by atoms with E-state index in [0.29, 0.717) is 41.3 Å². The first-order valence-electron chi connectivity index (χ1n) is 11.0. The zero-order chi connectivity index (χ0) is 22.6. The van der Waals surface area contributed by atoms with Gasteiger partial charge in [-0.1, -0.05) is 0 Å². The Morgan fingerprint density at radius 3 is 2.91 bits per heavy atom. The van der Waals surface area contributed by atoms with Crippen LogP contribution in [0.4, 0.5) is 5.82 Å². The van der Waals surface area contributed by atoms with Gasteiger partial charge < -0.3 is 19.5 Å². The summed E-state index contributed by atoms with van der Waals surface area (Å²) in [5.74, 6) is 1.60. The minimum absolute atomic E-state index is 0.320. The highest BCUT2D eigenvalue weighted by Crippen LogP contribution is 2.37. The molecular formula is C23H26N6O4. The predicted molar refractivity (Wildman–Crippen MR) is 122 cm³/mol. The minimum atomic E-state index is -0.395. The minimum Gasteiger partial charge on any atom is -0.491 e. The van der Waals surface area contributed by atoms with Crippen molar-refractivity contribution in [3.63, 3.8) is 0 Å². The Labute approximate surface area is 190 Å². The van der Waals surface area contributed by atoms with Gasteiger partial charge in [-0.25, -0.2) is 4.98 Å². The number of nitrogens with one attached hydrogen (secondary N) is 1. The fraction of sp³-hybridized carbons (Fsp3) is 0.391. The molecule has 2 aromatic heterocycles. The van der Waals surface area contributed by atoms with E-state index in [1.807, 2.05) is 16.7 Å². The average Bonchev–Trinajstić information content (AvgIpc) is 3.36. The Kier molecular flexibility index (Phi) is 6.18. The van der Waals surface area contributed by atoms with Gasteiger partial charge in [0.1, 0.15) is 17.9 Å². The molecule has 1 fully saturated rings. The quantitative estimate of drug-likeness (QED) is 0.600. The maximum atomic E-state index is 12.7. The van der Waals surface area contributed by atoms with Crippen LogP contribution in [0.2, 0.25) is 0 Å². The Morgan fingerprint density at radius 2 is 2.12 bits per heavy atom. The summed E-state index contributed by atoms with van der Waals surface area (Å²) in [7, 11) is 1.59. The second-order valence-electron chi connectivity index (χ2n) is 7.79. The first-order valence-corrected chi connectivity index (χ1v) is 11.0. The fourth-order valence-corrected chi connectivity index (χ4v) is 4.10. The monoisotopic (exact) mass is 450 g/mol. The Bertz CT molecular complexity index is 1220. The number of carbonyl (C=O) groups is 1. The second-order valence-corrected chi connectivity index (χ2v) is 7.79. The summed E-state index contributed by atoms with van der Waals surface area (Å²) >= 11 is 0. The van der Waals surface area contributed by atoms with Crippen LogP contribution in [0.15, 0.2) is 41.7 Å². The van der Waals surface area contributed by atoms with Crippen molar-refractivity contribution in [1.82, 2.24) is 19.4 Å². The van der Waals surface area contributed by atoms with Crippen LogP contribution in [0.5, 0.6) is 11.5 Å². The smallest absolute Gasteiger partial charge is 0.281 e. The summed E-state index contributed by atoms with van der Waals surface area (Å²) in [6, 6.07) is 7.26. The van der Waals surface area contributed by atoms with Gasteiger partial charge in [-0.15, -0.1) is 0 Å². The van der Waals surface area contributed by atoms with E-state index in [1.54, 1.807) is 25.4 Å². The number of ether oxygens (including phenoxy) is 3. The van der Waals surface area contributed by atoms with E-state index in [2.05, 4.69) is 20.2 Å². The van der Waals surface area contributed by atoms with Crippen molar-refractivity contribution in [1.29, 1.82) is 0 Å². The lowest BCUT2D eigenvalue weighted by Gasteiger charge is -2.26. The molecule has 10 nitrogen and oxygen atoms in total. The molecule has 5 rings (SSSR count). The standard InChI is InChI=1S/C23H26N6O4/c1-31-20-18(33-14-11-28-9-12-32-13-10-28)5-4-17-19(20)26-23(29-8-7-25-21(17)29)27-22(30)16-3-2-6-24-15-16/h2-6,15,25H,7-14H2,1H3. The molecule has 1 aromatic carbocycles. The molecule has 172 valence electrons. The lowest BCUT2D eigenvalue weighted by atomic mass is 10.2. The van der Waals surface area contributed by atoms with Gasteiger partial charge in [0.05, 0.1) is 25.9 Å². The molecule has 10 heteroatoms. The van der Waals surface area contributed by atoms with E-state index in [-0.39, 0.29) is 0 Å². The molecule has 2 aliphatic rings. The second kappa shape index (κ2) is 9.55. The molecule has 33 heavy (non-hydrogen) atoms. The Balaban J connectivity index is 1.50. The number of nitrogens with zero attached hydrogens (tertiary/aromatic N) is 5. The van der Waals surface area contributed by atoms with Gasteiger partial charge in [-0.05, 0) is 24.3 Å². The van der Waals surface area contributed by atoms with Crippen LogP contribution in [-0.2, 0) is 11.3 Å². The van der Waals surface area contributed by atoms with Gasteiger partial charge >= 0.3 is 0 Å². The Hall–Kier alpha value is -3.50. The molecule has 0 spiro atoms. The normalized spacial score (nSPS) is 16.5. The van der Waals surface area contributed by atoms with Gasteiger partial charge in [0.15, 0.2) is 11.5 Å². The fourth-order valence-electron chi connectivity index (χ4n) is 4.10. The number of benzene rings is 1. The van der Waals surface area contributed by atoms with E-state index < -0.39 is 5.91 Å². The molecule has 0 atom stereocenters. The van der Waals surface area contributed by atoms with E-state index >= 15 is 0 Å². The summed E-state index contributed by atoms with van der Waals surface area (Å²) in [5.41, 5.74) is 1.33. The maximum absolute atomic E-state index is 12.7. The summed E-state index contributed by atoms with van der Waals surface area (Å²) in [6.07, 6.45) is 3.11. The number of carbonyl (C=O) groups excluding carboxylic acids is 1. The van der Waals surface area contributed by atoms with Crippen molar-refractivity contribution in [2.45, 2.75) is 6.54 Å². The first kappa shape index (κ1) is 21.4. The molecule has 0 radical (unpaired) electrons. The van der Waals surface area contributed by atoms with E-state index in [1.165, 1.54) is 6.20 Å². The van der Waals surface area contributed by atoms with Crippen LogP contribution in [0.25, 0.3) is 10.9 Å². The molecule has 4 heterocycles. The van der Waals surface area contributed by atoms with Crippen molar-refractivity contribution in [2.75, 3.05) is 58.4 Å². The zero-order valence-electron chi connectivity index (χ0n) is 18.5. The van der Waals surface area contributed by atoms with Crippen LogP contribution in [0.3, 0.4) is 0 Å². The number of hydrogen-bond donors (Lipinski definition) is 1. The third kappa shape index (κ3) is 4.39. The van der Waals surface area contributed by atoms with Crippen LogP contribution in [0, 0.1) is 0 Å². The Morgan fingerprint density at radius 1 is 1.24 bits per heavy atom. The summed E-state index contributed by atoms with van der Waals surface area (Å²) < 4.78 is 19.1. The van der Waals surface area contributed by atoms with Crippen molar-refractivity contribution in [3.8, 4) is 11.5 Å². The van der Waals surface area contributed by atoms with Crippen LogP contribution in [-0.4, -0.2) is 78.5 Å². The molecule has 0 bridgehead atoms. The molecule has 1 saturated heterocycles. The first-order chi connectivity index (χ1) is 16.2. The number of anilines is 1. The number of aromatic nitrogens is 3. The highest BCUT2D eigenvalue weighted by Gasteiger charge is 2.21. The zero-order valence-corrected chi connectivity index (χ0v) is 18.5. The summed E-state index contributed by atoms with van der Waals surface area (Å²) in [4.78, 5) is 28.0. The topological polar surface area (TPSA) is 103 Å². The predicted octanol–water partition coefficient (Wildman–Crippen LogP) is 1.32. The highest BCUT2D eigenvalue weighted by molar-refractivity contribution is 5.96. The molecular weight excluding hydrogens is 424 g/mol. The van der Waals surface area contributed by atoms with Gasteiger partial charge in [0, 0.05) is 50.5 Å². The number of hydrogen-bond acceptors (Lipinski definition) is 8. The summed E-state index contributed by atoms with van der Waals surface area (Å²) in [5, 5.41) is 4.26. The number of fused-ring (bicyclic) bond motifs is 3. The van der Waals surface area contributed by atoms with Crippen molar-refractivity contribution < 1.29 is 19.0 Å². The van der Waals surface area contributed by atoms with Crippen LogP contribution < -0.4 is 20.4 Å². The number of methoxy groups -OCH3 is 1. The lowest BCUT2D eigenvalue weighted by Crippen LogP contribution is -2.38. The maximum Gasteiger partial charge on any atom is 0.281 e. The van der Waals surface area contributed by atoms with Crippen LogP contribution in [0.1, 0.15) is 10.4 Å². The number of rotatable bonds is 6. The van der Waals surface area contributed by atoms with E-state index in [4.69, 9.17) is 19.2 Å². The number of pyridine rings is 1. The number of morpholine rings is 1. The van der Waals surface area contributed by atoms with Crippen molar-refractivity contribution >= 4 is 22.6 Å². The molecule has 1 amide bonds. The van der Waals surface area contributed by atoms with Crippen LogP contribution >= 0.6 is 0 Å². The summed E-state index contributed by atoms with van der Waals surface area (Å²) in [6.45, 7) is 6.04. The largest absolute Gasteiger partial charge is 0.491 e. The molecule has 3 aromatic rings. The molecule has 0 aliphatic carbocycles. The van der Waals surface area contributed by atoms with Crippen molar-refractivity contribution in [3.05, 3.63) is 47.8 Å². The third-order valence-corrected chi connectivity index (χ3v) is 5.78. The highest BCUT2D eigenvalue weighted by atomic mass is 16.5. The molecule has 0 unspecified atom stereocenters. The lowest BCUT2D eigenvalue weighted by molar-refractivity contribution is 0.0321. The van der Waals surface area contributed by atoms with Gasteiger partial charge in [0.25, 0.3) is 5.91 Å². The van der Waals surface area contributed by atoms with Gasteiger partial charge in [0.2, 0.25) is 5.62 Å². The molecule has 1 N–H and O–H groups in total. The van der Waals surface area contributed by atoms with E-state index in [9.17, 15) is 4.79 Å².